The third kappa shape index (κ3) is 1.95. The maximum Gasteiger partial charge on any atom is 0.0907 e. The van der Waals surface area contributed by atoms with Crippen molar-refractivity contribution in [3.8, 4) is 0 Å². The minimum atomic E-state index is 0.492. The first-order chi connectivity index (χ1) is 6.65. The van der Waals surface area contributed by atoms with Gasteiger partial charge in [-0.05, 0) is 18.8 Å². The number of fused-ring (bicyclic) bond motifs is 1. The van der Waals surface area contributed by atoms with Crippen LogP contribution in [0.15, 0.2) is 12.2 Å². The Morgan fingerprint density at radius 3 is 2.50 bits per heavy atom. The molecule has 14 heavy (non-hydrogen) atoms. The standard InChI is InChI=1S/C12H15NS/c1-8-4-5-9(2)7-12-11(6-8)13-10(3)14-12/h4-9H,1-3H3/b5-4-,11-6-,12-7+. The van der Waals surface area contributed by atoms with Gasteiger partial charge in [0.2, 0.25) is 0 Å². The number of rotatable bonds is 0. The fourth-order valence-corrected chi connectivity index (χ4v) is 2.61. The summed E-state index contributed by atoms with van der Waals surface area (Å²) < 4.78 is 1.33. The Hall–Kier alpha value is -0.890. The summed E-state index contributed by atoms with van der Waals surface area (Å²) in [5.74, 6) is 1.01. The van der Waals surface area contributed by atoms with Gasteiger partial charge in [0, 0.05) is 0 Å². The molecule has 1 heterocycles. The lowest BCUT2D eigenvalue weighted by Gasteiger charge is -2.02. The van der Waals surface area contributed by atoms with Crippen LogP contribution in [0.3, 0.4) is 0 Å². The van der Waals surface area contributed by atoms with Gasteiger partial charge in [-0.3, -0.25) is 0 Å². The molecule has 1 nitrogen and oxygen atoms in total. The van der Waals surface area contributed by atoms with Crippen LogP contribution in [0.25, 0.3) is 12.2 Å². The van der Waals surface area contributed by atoms with Crippen molar-refractivity contribution in [2.75, 3.05) is 0 Å². The summed E-state index contributed by atoms with van der Waals surface area (Å²) in [5.41, 5.74) is 0. The van der Waals surface area contributed by atoms with Crippen molar-refractivity contribution >= 4 is 23.5 Å². The summed E-state index contributed by atoms with van der Waals surface area (Å²) >= 11 is 1.79. The topological polar surface area (TPSA) is 12.9 Å². The van der Waals surface area contributed by atoms with Gasteiger partial charge in [0.1, 0.15) is 0 Å². The molecular weight excluding hydrogens is 190 g/mol. The quantitative estimate of drug-likeness (QED) is 0.589. The second-order valence-electron chi connectivity index (χ2n) is 3.92. The van der Waals surface area contributed by atoms with Crippen molar-refractivity contribution in [2.24, 2.45) is 11.8 Å². The predicted octanol–water partition coefficient (Wildman–Crippen LogP) is 1.85. The summed E-state index contributed by atoms with van der Waals surface area (Å²) in [6.07, 6.45) is 9.04. The molecule has 0 spiro atoms. The van der Waals surface area contributed by atoms with Gasteiger partial charge in [0.25, 0.3) is 0 Å². The van der Waals surface area contributed by atoms with Crippen LogP contribution in [0.5, 0.6) is 0 Å². The highest BCUT2D eigenvalue weighted by Crippen LogP contribution is 2.07. The second kappa shape index (κ2) is 3.70. The van der Waals surface area contributed by atoms with Gasteiger partial charge in [-0.15, -0.1) is 11.3 Å². The lowest BCUT2D eigenvalue weighted by Crippen LogP contribution is -2.23. The molecular formula is C12H15NS. The highest BCUT2D eigenvalue weighted by Gasteiger charge is 2.02. The molecule has 1 aliphatic carbocycles. The molecule has 2 atom stereocenters. The fourth-order valence-electron chi connectivity index (χ4n) is 1.65. The maximum absolute atomic E-state index is 4.54. The highest BCUT2D eigenvalue weighted by molar-refractivity contribution is 7.09. The first-order valence-corrected chi connectivity index (χ1v) is 5.82. The van der Waals surface area contributed by atoms with Gasteiger partial charge in [-0.2, -0.15) is 0 Å². The van der Waals surface area contributed by atoms with Crippen molar-refractivity contribution in [1.29, 1.82) is 0 Å². The largest absolute Gasteiger partial charge is 0.242 e. The summed E-state index contributed by atoms with van der Waals surface area (Å²) in [6, 6.07) is 0. The molecule has 0 amide bonds. The van der Waals surface area contributed by atoms with E-state index in [1.54, 1.807) is 11.3 Å². The number of allylic oxidation sites excluding steroid dienone is 2. The zero-order chi connectivity index (χ0) is 10.1. The molecule has 1 aromatic heterocycles. The first-order valence-electron chi connectivity index (χ1n) is 5.00. The average Bonchev–Trinajstić information content (AvgIpc) is 2.41. The molecule has 2 rings (SSSR count). The molecule has 1 aliphatic rings. The van der Waals surface area contributed by atoms with E-state index in [1.807, 2.05) is 0 Å². The number of nitrogens with zero attached hydrogens (tertiary/aromatic N) is 1. The van der Waals surface area contributed by atoms with Gasteiger partial charge < -0.3 is 0 Å². The summed E-state index contributed by atoms with van der Waals surface area (Å²) in [7, 11) is 0. The SMILES string of the molecule is Cc1nc2/c(s1)=C\C(C)/C=C\C(C)/C=2. The number of aryl methyl sites for hydroxylation is 1. The Labute approximate surface area is 88.5 Å². The summed E-state index contributed by atoms with van der Waals surface area (Å²) in [4.78, 5) is 4.54. The number of hydrogen-bond donors (Lipinski definition) is 0. The van der Waals surface area contributed by atoms with Crippen molar-refractivity contribution in [2.45, 2.75) is 20.8 Å². The zero-order valence-electron chi connectivity index (χ0n) is 8.82. The third-order valence-electron chi connectivity index (χ3n) is 2.34. The molecule has 0 bridgehead atoms. The number of aromatic nitrogens is 1. The lowest BCUT2D eigenvalue weighted by molar-refractivity contribution is 0.923. The van der Waals surface area contributed by atoms with E-state index in [9.17, 15) is 0 Å². The normalized spacial score (nSPS) is 32.8. The van der Waals surface area contributed by atoms with Gasteiger partial charge in [-0.25, -0.2) is 4.98 Å². The molecule has 0 N–H and O–H groups in total. The highest BCUT2D eigenvalue weighted by atomic mass is 32.1. The van der Waals surface area contributed by atoms with Gasteiger partial charge in [-0.1, -0.05) is 38.2 Å². The summed E-state index contributed by atoms with van der Waals surface area (Å²) in [6.45, 7) is 6.49. The molecule has 0 saturated carbocycles. The monoisotopic (exact) mass is 205 g/mol. The van der Waals surface area contributed by atoms with Crippen LogP contribution >= 0.6 is 11.3 Å². The van der Waals surface area contributed by atoms with Gasteiger partial charge >= 0.3 is 0 Å². The van der Waals surface area contributed by atoms with E-state index in [1.165, 1.54) is 4.53 Å². The fraction of sp³-hybridized carbons (Fsp3) is 0.417. The van der Waals surface area contributed by atoms with Crippen LogP contribution in [-0.4, -0.2) is 4.98 Å². The average molecular weight is 205 g/mol. The maximum atomic E-state index is 4.54. The first kappa shape index (κ1) is 9.66. The molecule has 0 fully saturated rings. The van der Waals surface area contributed by atoms with Crippen LogP contribution in [0.2, 0.25) is 0 Å². The van der Waals surface area contributed by atoms with E-state index in [0.717, 1.165) is 10.4 Å². The molecule has 0 aliphatic heterocycles. The van der Waals surface area contributed by atoms with Crippen LogP contribution < -0.4 is 9.88 Å². The smallest absolute Gasteiger partial charge is 0.0907 e. The van der Waals surface area contributed by atoms with E-state index in [-0.39, 0.29) is 0 Å². The Morgan fingerprint density at radius 1 is 1.14 bits per heavy atom. The Bertz CT molecular complexity index is 426. The molecule has 0 saturated heterocycles. The molecule has 0 radical (unpaired) electrons. The number of thiazole rings is 1. The molecule has 0 aromatic carbocycles. The van der Waals surface area contributed by atoms with Gasteiger partial charge in [0.05, 0.1) is 14.9 Å². The minimum Gasteiger partial charge on any atom is -0.242 e. The van der Waals surface area contributed by atoms with E-state index >= 15 is 0 Å². The van der Waals surface area contributed by atoms with Crippen LogP contribution in [0.4, 0.5) is 0 Å². The lowest BCUT2D eigenvalue weighted by atomic mass is 10.0. The van der Waals surface area contributed by atoms with Gasteiger partial charge in [0.15, 0.2) is 0 Å². The molecule has 2 unspecified atom stereocenters. The molecule has 2 heteroatoms. The van der Waals surface area contributed by atoms with Crippen LogP contribution in [0, 0.1) is 18.8 Å². The van der Waals surface area contributed by atoms with E-state index in [2.05, 4.69) is 50.1 Å². The predicted molar refractivity (Wildman–Crippen MR) is 62.5 cm³/mol. The Kier molecular flexibility index (Phi) is 2.55. The van der Waals surface area contributed by atoms with Crippen LogP contribution in [-0.2, 0) is 0 Å². The van der Waals surface area contributed by atoms with Crippen LogP contribution in [0.1, 0.15) is 18.9 Å². The van der Waals surface area contributed by atoms with E-state index < -0.39 is 0 Å². The zero-order valence-corrected chi connectivity index (χ0v) is 9.64. The van der Waals surface area contributed by atoms with E-state index in [0.29, 0.717) is 11.8 Å². The van der Waals surface area contributed by atoms with Crippen molar-refractivity contribution < 1.29 is 0 Å². The Balaban J connectivity index is 2.68. The van der Waals surface area contributed by atoms with Crippen molar-refractivity contribution in [3.63, 3.8) is 0 Å². The van der Waals surface area contributed by atoms with Crippen molar-refractivity contribution in [1.82, 2.24) is 4.98 Å². The van der Waals surface area contributed by atoms with E-state index in [4.69, 9.17) is 0 Å². The minimum absolute atomic E-state index is 0.492. The van der Waals surface area contributed by atoms with Crippen molar-refractivity contribution in [3.05, 3.63) is 27.0 Å². The molecule has 1 aromatic rings. The summed E-state index contributed by atoms with van der Waals surface area (Å²) in [5, 5.41) is 2.32. The third-order valence-corrected chi connectivity index (χ3v) is 3.29. The number of hydrogen-bond acceptors (Lipinski definition) is 2. The Morgan fingerprint density at radius 2 is 1.79 bits per heavy atom. The second-order valence-corrected chi connectivity index (χ2v) is 5.15. The molecule has 74 valence electrons.